The molecule has 3 N–H and O–H groups in total. The zero-order chi connectivity index (χ0) is 21.8. The van der Waals surface area contributed by atoms with Crippen LogP contribution in [-0.2, 0) is 15.8 Å². The van der Waals surface area contributed by atoms with E-state index in [1.807, 2.05) is 32.0 Å². The molecule has 1 unspecified atom stereocenters. The van der Waals surface area contributed by atoms with Crippen LogP contribution in [0.25, 0.3) is 0 Å². The van der Waals surface area contributed by atoms with E-state index in [0.717, 1.165) is 28.9 Å². The van der Waals surface area contributed by atoms with Gasteiger partial charge in [0.05, 0.1) is 12.6 Å². The van der Waals surface area contributed by atoms with Gasteiger partial charge in [0.15, 0.2) is 12.6 Å². The molecule has 2 aromatic rings. The van der Waals surface area contributed by atoms with Crippen LogP contribution < -0.4 is 15.5 Å². The second-order valence-electron chi connectivity index (χ2n) is 7.13. The molecule has 2 atom stereocenters. The first kappa shape index (κ1) is 22.4. The lowest BCUT2D eigenvalue weighted by Gasteiger charge is -2.21. The van der Waals surface area contributed by atoms with Gasteiger partial charge in [0.1, 0.15) is 0 Å². The van der Waals surface area contributed by atoms with E-state index >= 15 is 0 Å². The Balaban J connectivity index is 1.98. The minimum Gasteiger partial charge on any atom is -0.321 e. The number of carbonyl (C=O) groups excluding carboxylic acids is 2. The maximum atomic E-state index is 12.8. The number of likely N-dealkylation sites (N-methyl/N-ethyl adjacent to an activating group) is 1. The Morgan fingerprint density at radius 2 is 1.62 bits per heavy atom. The van der Waals surface area contributed by atoms with E-state index in [1.165, 1.54) is 12.1 Å². The van der Waals surface area contributed by atoms with Gasteiger partial charge in [0.2, 0.25) is 0 Å². The van der Waals surface area contributed by atoms with Crippen LogP contribution in [0.1, 0.15) is 23.6 Å². The van der Waals surface area contributed by atoms with Crippen LogP contribution in [-0.4, -0.2) is 31.4 Å². The highest BCUT2D eigenvalue weighted by molar-refractivity contribution is 5.95. The highest BCUT2D eigenvalue weighted by Gasteiger charge is 2.31. The summed E-state index contributed by atoms with van der Waals surface area (Å²) in [6.45, 7) is 5.43. The normalized spacial score (nSPS) is 13.5. The third-order valence-corrected chi connectivity index (χ3v) is 4.77. The summed E-state index contributed by atoms with van der Waals surface area (Å²) in [7, 11) is 1.68. The third-order valence-electron chi connectivity index (χ3n) is 4.77. The summed E-state index contributed by atoms with van der Waals surface area (Å²) in [5.41, 5.74) is 1.84. The second kappa shape index (κ2) is 9.09. The quantitative estimate of drug-likeness (QED) is 0.688. The first-order chi connectivity index (χ1) is 13.5. The number of hydrogen-bond donors (Lipinski definition) is 3. The average molecular weight is 408 g/mol. The molecule has 0 radical (unpaired) electrons. The Hall–Kier alpha value is -2.87. The minimum atomic E-state index is -4.49. The van der Waals surface area contributed by atoms with Gasteiger partial charge in [-0.2, -0.15) is 13.2 Å². The molecule has 2 rings (SSSR count). The maximum absolute atomic E-state index is 12.8. The molecule has 0 bridgehead atoms. The average Bonchev–Trinajstić information content (AvgIpc) is 2.63. The van der Waals surface area contributed by atoms with E-state index < -0.39 is 23.7 Å². The van der Waals surface area contributed by atoms with E-state index in [2.05, 4.69) is 10.6 Å². The molecule has 156 valence electrons. The molecule has 2 amide bonds. The molecule has 2 aromatic carbocycles. The van der Waals surface area contributed by atoms with Crippen LogP contribution in [0.3, 0.4) is 0 Å². The zero-order valence-corrected chi connectivity index (χ0v) is 16.8. The van der Waals surface area contributed by atoms with Crippen LogP contribution in [0.5, 0.6) is 0 Å². The molecule has 0 aliphatic carbocycles. The number of benzene rings is 2. The number of alkyl halides is 3. The van der Waals surface area contributed by atoms with Crippen LogP contribution in [0.4, 0.5) is 24.5 Å². The van der Waals surface area contributed by atoms with Gasteiger partial charge in [-0.05, 0) is 50.1 Å². The van der Waals surface area contributed by atoms with Crippen LogP contribution >= 0.6 is 0 Å². The standard InChI is InChI=1S/C21H24F3N3O2/c1-13-7-5-8-14(2)19(13)26-18(28)12-27(4)15(3)20(29)25-17-10-6-9-16(11-17)21(22,23)24/h5-11,15H,12H2,1-4H3,(H,25,29)(H,26,28)/p+1/t15-/m0/s1. The first-order valence-corrected chi connectivity index (χ1v) is 9.15. The number of amides is 2. The summed E-state index contributed by atoms with van der Waals surface area (Å²) in [6, 6.07) is 9.49. The molecule has 0 aliphatic heterocycles. The van der Waals surface area contributed by atoms with Gasteiger partial charge in [-0.3, -0.25) is 9.59 Å². The van der Waals surface area contributed by atoms with Crippen LogP contribution in [0, 0.1) is 13.8 Å². The summed E-state index contributed by atoms with van der Waals surface area (Å²) < 4.78 is 38.4. The van der Waals surface area contributed by atoms with Gasteiger partial charge in [-0.15, -0.1) is 0 Å². The summed E-state index contributed by atoms with van der Waals surface area (Å²) >= 11 is 0. The Labute approximate surface area is 167 Å². The Morgan fingerprint density at radius 3 is 2.21 bits per heavy atom. The number of anilines is 2. The molecule has 29 heavy (non-hydrogen) atoms. The van der Waals surface area contributed by atoms with Gasteiger partial charge < -0.3 is 15.5 Å². The van der Waals surface area contributed by atoms with E-state index in [0.29, 0.717) is 4.90 Å². The van der Waals surface area contributed by atoms with Crippen LogP contribution in [0.2, 0.25) is 0 Å². The molecule has 5 nitrogen and oxygen atoms in total. The van der Waals surface area contributed by atoms with Gasteiger partial charge >= 0.3 is 6.18 Å². The largest absolute Gasteiger partial charge is 0.416 e. The lowest BCUT2D eigenvalue weighted by atomic mass is 10.1. The summed E-state index contributed by atoms with van der Waals surface area (Å²) in [5, 5.41) is 5.35. The van der Waals surface area contributed by atoms with Crippen molar-refractivity contribution in [2.24, 2.45) is 0 Å². The van der Waals surface area contributed by atoms with Crippen molar-refractivity contribution < 1.29 is 27.7 Å². The minimum absolute atomic E-state index is 0.0327. The number of rotatable bonds is 6. The topological polar surface area (TPSA) is 62.6 Å². The maximum Gasteiger partial charge on any atom is 0.416 e. The third kappa shape index (κ3) is 6.05. The molecule has 8 heteroatoms. The van der Waals surface area contributed by atoms with Crippen molar-refractivity contribution in [3.05, 3.63) is 59.2 Å². The second-order valence-corrected chi connectivity index (χ2v) is 7.13. The van der Waals surface area contributed by atoms with Crippen molar-refractivity contribution in [2.75, 3.05) is 24.2 Å². The van der Waals surface area contributed by atoms with E-state index in [4.69, 9.17) is 0 Å². The van der Waals surface area contributed by atoms with Crippen molar-refractivity contribution >= 4 is 23.2 Å². The fraction of sp³-hybridized carbons (Fsp3) is 0.333. The smallest absolute Gasteiger partial charge is 0.321 e. The van der Waals surface area contributed by atoms with Crippen molar-refractivity contribution in [1.29, 1.82) is 0 Å². The molecule has 0 aromatic heterocycles. The molecule has 0 fully saturated rings. The number of para-hydroxylation sites is 1. The number of carbonyl (C=O) groups is 2. The van der Waals surface area contributed by atoms with Crippen molar-refractivity contribution in [3.8, 4) is 0 Å². The summed E-state index contributed by atoms with van der Waals surface area (Å²) in [6.07, 6.45) is -4.49. The van der Waals surface area contributed by atoms with E-state index in [1.54, 1.807) is 14.0 Å². The number of halogens is 3. The molecule has 0 spiro atoms. The predicted molar refractivity (Wildman–Crippen MR) is 106 cm³/mol. The number of nitrogens with one attached hydrogen (secondary N) is 3. The fourth-order valence-corrected chi connectivity index (χ4v) is 2.85. The summed E-state index contributed by atoms with van der Waals surface area (Å²) in [4.78, 5) is 25.4. The molecule has 0 aliphatic rings. The molecule has 0 saturated heterocycles. The van der Waals surface area contributed by atoms with Gasteiger partial charge in [0, 0.05) is 11.4 Å². The van der Waals surface area contributed by atoms with E-state index in [-0.39, 0.29) is 18.1 Å². The highest BCUT2D eigenvalue weighted by Crippen LogP contribution is 2.30. The monoisotopic (exact) mass is 408 g/mol. The Morgan fingerprint density at radius 1 is 1.03 bits per heavy atom. The highest BCUT2D eigenvalue weighted by atomic mass is 19.4. The number of aryl methyl sites for hydroxylation is 2. The Bertz CT molecular complexity index is 877. The molecular formula is C21H25F3N3O2+. The zero-order valence-electron chi connectivity index (χ0n) is 16.8. The van der Waals surface area contributed by atoms with Crippen molar-refractivity contribution in [3.63, 3.8) is 0 Å². The lowest BCUT2D eigenvalue weighted by Crippen LogP contribution is -3.14. The number of hydrogen-bond acceptors (Lipinski definition) is 2. The SMILES string of the molecule is Cc1cccc(C)c1NC(=O)C[NH+](C)[C@@H](C)C(=O)Nc1cccc(C(F)(F)F)c1. The predicted octanol–water partition coefficient (Wildman–Crippen LogP) is 2.80. The van der Waals surface area contributed by atoms with E-state index in [9.17, 15) is 22.8 Å². The van der Waals surface area contributed by atoms with Crippen LogP contribution in [0.15, 0.2) is 42.5 Å². The fourth-order valence-electron chi connectivity index (χ4n) is 2.85. The lowest BCUT2D eigenvalue weighted by molar-refractivity contribution is -0.885. The van der Waals surface area contributed by atoms with Gasteiger partial charge in [-0.25, -0.2) is 0 Å². The van der Waals surface area contributed by atoms with Gasteiger partial charge in [-0.1, -0.05) is 24.3 Å². The number of quaternary nitrogens is 1. The molecule has 0 saturated carbocycles. The molecular weight excluding hydrogens is 383 g/mol. The first-order valence-electron chi connectivity index (χ1n) is 9.15. The van der Waals surface area contributed by atoms with Crippen molar-refractivity contribution in [2.45, 2.75) is 33.0 Å². The van der Waals surface area contributed by atoms with Gasteiger partial charge in [0.25, 0.3) is 11.8 Å². The van der Waals surface area contributed by atoms with Crippen molar-refractivity contribution in [1.82, 2.24) is 0 Å². The summed E-state index contributed by atoms with van der Waals surface area (Å²) in [5.74, 6) is -0.722. The Kier molecular flexibility index (Phi) is 7.02. The molecule has 0 heterocycles.